The van der Waals surface area contributed by atoms with Crippen LogP contribution < -0.4 is 16.4 Å². The molecular formula is C24H28FN3O4. The second-order valence-corrected chi connectivity index (χ2v) is 8.44. The molecule has 0 bridgehead atoms. The number of nitrogens with one attached hydrogen (secondary N) is 2. The van der Waals surface area contributed by atoms with Crippen LogP contribution in [0.15, 0.2) is 42.5 Å². The molecular weight excluding hydrogens is 413 g/mol. The summed E-state index contributed by atoms with van der Waals surface area (Å²) in [6, 6.07) is 9.96. The first kappa shape index (κ1) is 23.2. The van der Waals surface area contributed by atoms with Crippen LogP contribution in [0.3, 0.4) is 0 Å². The smallest absolute Gasteiger partial charge is 0.316 e. The Kier molecular flexibility index (Phi) is 7.12. The van der Waals surface area contributed by atoms with E-state index in [0.717, 1.165) is 0 Å². The van der Waals surface area contributed by atoms with Crippen LogP contribution in [0.25, 0.3) is 0 Å². The fraction of sp³-hybridized carbons (Fsp3) is 0.375. The van der Waals surface area contributed by atoms with Crippen molar-refractivity contribution >= 4 is 23.6 Å². The largest absolute Gasteiger partial charge is 0.481 e. The SMILES string of the molecule is CC(C)c1ccc(C(NC(=O)C2CCCC2C(=O)O)c2ccccc2NC(N)=O)cc1F. The van der Waals surface area contributed by atoms with E-state index in [2.05, 4.69) is 10.6 Å². The Bertz CT molecular complexity index is 1020. The number of para-hydroxylation sites is 1. The number of carbonyl (C=O) groups is 3. The van der Waals surface area contributed by atoms with Crippen molar-refractivity contribution in [3.63, 3.8) is 0 Å². The molecule has 1 aliphatic carbocycles. The lowest BCUT2D eigenvalue weighted by atomic mass is 9.91. The summed E-state index contributed by atoms with van der Waals surface area (Å²) in [5.41, 5.74) is 7.21. The van der Waals surface area contributed by atoms with Crippen molar-refractivity contribution in [2.24, 2.45) is 17.6 Å². The van der Waals surface area contributed by atoms with Crippen LogP contribution in [0.4, 0.5) is 14.9 Å². The maximum absolute atomic E-state index is 14.8. The summed E-state index contributed by atoms with van der Waals surface area (Å²) in [7, 11) is 0. The summed E-state index contributed by atoms with van der Waals surface area (Å²) >= 11 is 0. The molecule has 8 heteroatoms. The number of benzene rings is 2. The summed E-state index contributed by atoms with van der Waals surface area (Å²) in [5.74, 6) is -3.26. The van der Waals surface area contributed by atoms with E-state index in [4.69, 9.17) is 5.73 Å². The molecule has 1 aliphatic rings. The van der Waals surface area contributed by atoms with Crippen molar-refractivity contribution in [3.8, 4) is 0 Å². The van der Waals surface area contributed by atoms with Crippen molar-refractivity contribution in [3.05, 3.63) is 65.0 Å². The van der Waals surface area contributed by atoms with Gasteiger partial charge in [-0.1, -0.05) is 50.6 Å². The zero-order valence-electron chi connectivity index (χ0n) is 18.1. The highest BCUT2D eigenvalue weighted by atomic mass is 19.1. The summed E-state index contributed by atoms with van der Waals surface area (Å²) in [6.07, 6.45) is 1.56. The lowest BCUT2D eigenvalue weighted by Crippen LogP contribution is -2.38. The fourth-order valence-electron chi connectivity index (χ4n) is 4.35. The number of nitrogens with two attached hydrogens (primary N) is 1. The zero-order chi connectivity index (χ0) is 23.4. The van der Waals surface area contributed by atoms with Crippen molar-refractivity contribution in [2.45, 2.75) is 45.1 Å². The van der Waals surface area contributed by atoms with Crippen molar-refractivity contribution in [2.75, 3.05) is 5.32 Å². The maximum atomic E-state index is 14.8. The van der Waals surface area contributed by atoms with E-state index in [1.165, 1.54) is 6.07 Å². The van der Waals surface area contributed by atoms with Gasteiger partial charge in [0.05, 0.1) is 17.9 Å². The van der Waals surface area contributed by atoms with E-state index in [0.29, 0.717) is 41.6 Å². The zero-order valence-corrected chi connectivity index (χ0v) is 18.1. The molecule has 0 spiro atoms. The van der Waals surface area contributed by atoms with Crippen LogP contribution in [-0.4, -0.2) is 23.0 Å². The normalized spacial score (nSPS) is 18.9. The number of amides is 3. The van der Waals surface area contributed by atoms with Gasteiger partial charge >= 0.3 is 12.0 Å². The Morgan fingerprint density at radius 3 is 2.38 bits per heavy atom. The van der Waals surface area contributed by atoms with Crippen LogP contribution in [-0.2, 0) is 9.59 Å². The number of carboxylic acid groups (broad SMARTS) is 1. The van der Waals surface area contributed by atoms with Gasteiger partial charge in [0.15, 0.2) is 0 Å². The van der Waals surface area contributed by atoms with Gasteiger partial charge < -0.3 is 21.5 Å². The number of hydrogen-bond donors (Lipinski definition) is 4. The minimum atomic E-state index is -0.998. The molecule has 0 saturated heterocycles. The summed E-state index contributed by atoms with van der Waals surface area (Å²) in [4.78, 5) is 36.2. The Morgan fingerprint density at radius 1 is 1.06 bits per heavy atom. The average Bonchev–Trinajstić information content (AvgIpc) is 3.22. The number of carboxylic acids is 1. The molecule has 0 radical (unpaired) electrons. The lowest BCUT2D eigenvalue weighted by Gasteiger charge is -2.25. The topological polar surface area (TPSA) is 122 Å². The second-order valence-electron chi connectivity index (χ2n) is 8.44. The van der Waals surface area contributed by atoms with Gasteiger partial charge in [-0.05, 0) is 42.0 Å². The monoisotopic (exact) mass is 441 g/mol. The van der Waals surface area contributed by atoms with E-state index in [-0.39, 0.29) is 5.92 Å². The van der Waals surface area contributed by atoms with Gasteiger partial charge in [-0.15, -0.1) is 0 Å². The first-order valence-corrected chi connectivity index (χ1v) is 10.7. The highest BCUT2D eigenvalue weighted by molar-refractivity contribution is 5.90. The van der Waals surface area contributed by atoms with Gasteiger partial charge in [-0.25, -0.2) is 9.18 Å². The fourth-order valence-corrected chi connectivity index (χ4v) is 4.35. The summed E-state index contributed by atoms with van der Waals surface area (Å²) < 4.78 is 14.8. The molecule has 32 heavy (non-hydrogen) atoms. The third-order valence-corrected chi connectivity index (χ3v) is 5.97. The molecule has 3 unspecified atom stereocenters. The Morgan fingerprint density at radius 2 is 1.75 bits per heavy atom. The third kappa shape index (κ3) is 5.07. The highest BCUT2D eigenvalue weighted by Crippen LogP contribution is 2.35. The highest BCUT2D eigenvalue weighted by Gasteiger charge is 2.38. The van der Waals surface area contributed by atoms with Crippen LogP contribution in [0.5, 0.6) is 0 Å². The first-order chi connectivity index (χ1) is 15.2. The van der Waals surface area contributed by atoms with E-state index < -0.39 is 41.6 Å². The Balaban J connectivity index is 2.03. The maximum Gasteiger partial charge on any atom is 0.316 e. The van der Waals surface area contributed by atoms with Gasteiger partial charge in [0.25, 0.3) is 0 Å². The molecule has 3 rings (SSSR count). The first-order valence-electron chi connectivity index (χ1n) is 10.7. The molecule has 1 saturated carbocycles. The molecule has 2 aromatic carbocycles. The van der Waals surface area contributed by atoms with Gasteiger partial charge in [0, 0.05) is 11.3 Å². The molecule has 1 fully saturated rings. The number of anilines is 1. The third-order valence-electron chi connectivity index (χ3n) is 5.97. The van der Waals surface area contributed by atoms with Gasteiger partial charge in [-0.3, -0.25) is 9.59 Å². The molecule has 0 aliphatic heterocycles. The number of primary amides is 1. The summed E-state index contributed by atoms with van der Waals surface area (Å²) in [6.45, 7) is 3.77. The number of urea groups is 1. The predicted molar refractivity (Wildman–Crippen MR) is 119 cm³/mol. The number of halogens is 1. The van der Waals surface area contributed by atoms with E-state index in [9.17, 15) is 23.9 Å². The van der Waals surface area contributed by atoms with E-state index in [1.807, 2.05) is 13.8 Å². The van der Waals surface area contributed by atoms with Crippen LogP contribution >= 0.6 is 0 Å². The summed E-state index contributed by atoms with van der Waals surface area (Å²) in [5, 5.41) is 14.9. The van der Waals surface area contributed by atoms with Crippen LogP contribution in [0, 0.1) is 17.7 Å². The second kappa shape index (κ2) is 9.80. The van der Waals surface area contributed by atoms with Gasteiger partial charge in [0.2, 0.25) is 5.91 Å². The molecule has 7 nitrogen and oxygen atoms in total. The van der Waals surface area contributed by atoms with Gasteiger partial charge in [-0.2, -0.15) is 0 Å². The van der Waals surface area contributed by atoms with Gasteiger partial charge in [0.1, 0.15) is 5.82 Å². The molecule has 3 atom stereocenters. The molecule has 3 amide bonds. The van der Waals surface area contributed by atoms with Crippen molar-refractivity contribution in [1.82, 2.24) is 5.32 Å². The minimum absolute atomic E-state index is 0.0179. The number of aliphatic carboxylic acids is 1. The Labute approximate surface area is 186 Å². The molecule has 170 valence electrons. The lowest BCUT2D eigenvalue weighted by molar-refractivity contribution is -0.146. The Hall–Kier alpha value is -3.42. The molecule has 0 aromatic heterocycles. The van der Waals surface area contributed by atoms with E-state index >= 15 is 0 Å². The van der Waals surface area contributed by atoms with E-state index in [1.54, 1.807) is 36.4 Å². The average molecular weight is 442 g/mol. The number of hydrogen-bond acceptors (Lipinski definition) is 3. The minimum Gasteiger partial charge on any atom is -0.481 e. The van der Waals surface area contributed by atoms with Crippen LogP contribution in [0.1, 0.15) is 61.8 Å². The molecule has 0 heterocycles. The van der Waals surface area contributed by atoms with Crippen molar-refractivity contribution < 1.29 is 23.9 Å². The van der Waals surface area contributed by atoms with Crippen LogP contribution in [0.2, 0.25) is 0 Å². The number of carbonyl (C=O) groups excluding carboxylic acids is 2. The quantitative estimate of drug-likeness (QED) is 0.516. The van der Waals surface area contributed by atoms with Crippen molar-refractivity contribution in [1.29, 1.82) is 0 Å². The molecule has 5 N–H and O–H groups in total. The predicted octanol–water partition coefficient (Wildman–Crippen LogP) is 4.15. The number of rotatable bonds is 7. The molecule has 2 aromatic rings. The standard InChI is InChI=1S/C24H28FN3O4/c1-13(2)15-11-10-14(12-19(15)25)21(18-6-3-4-9-20(18)27-24(26)32)28-22(29)16-7-5-8-17(16)23(30)31/h3-4,6,9-13,16-17,21H,5,7-8H2,1-2H3,(H,28,29)(H,30,31)(H3,26,27,32).